The van der Waals surface area contributed by atoms with Crippen molar-refractivity contribution in [2.45, 2.75) is 25.2 Å². The number of benzene rings is 1. The summed E-state index contributed by atoms with van der Waals surface area (Å²) in [5.41, 5.74) is 6.88. The van der Waals surface area contributed by atoms with E-state index in [9.17, 15) is 4.79 Å². The Kier molecular flexibility index (Phi) is 2.23. The molecule has 0 saturated heterocycles. The standard InChI is InChI=1S/C14H17NO/c15-14(16)13-11-7-6-10(8-11)12(13)9-4-2-1-3-5-9/h1-5,10-13H,6-8H2,(H2,15,16)/t10-,11+,12+,13+/m0/s1. The van der Waals surface area contributed by atoms with E-state index in [1.807, 2.05) is 6.07 Å². The van der Waals surface area contributed by atoms with E-state index in [0.29, 0.717) is 17.8 Å². The van der Waals surface area contributed by atoms with Crippen molar-refractivity contribution in [3.8, 4) is 0 Å². The van der Waals surface area contributed by atoms with Crippen LogP contribution in [-0.4, -0.2) is 5.91 Å². The summed E-state index contributed by atoms with van der Waals surface area (Å²) in [5.74, 6) is 1.61. The molecule has 2 heteroatoms. The van der Waals surface area contributed by atoms with Crippen molar-refractivity contribution in [2.75, 3.05) is 0 Å². The SMILES string of the molecule is NC(=O)[C@@H]1[C@@H]2CC[C@@H](C2)[C@H]1c1ccccc1. The Bertz CT molecular complexity index is 400. The molecule has 3 rings (SSSR count). The van der Waals surface area contributed by atoms with Crippen LogP contribution < -0.4 is 5.73 Å². The number of carbonyl (C=O) groups is 1. The number of rotatable bonds is 2. The minimum Gasteiger partial charge on any atom is -0.369 e. The highest BCUT2D eigenvalue weighted by molar-refractivity contribution is 5.79. The zero-order valence-corrected chi connectivity index (χ0v) is 9.30. The lowest BCUT2D eigenvalue weighted by Crippen LogP contribution is -2.33. The Labute approximate surface area is 95.8 Å². The van der Waals surface area contributed by atoms with Crippen LogP contribution in [0.3, 0.4) is 0 Å². The molecule has 2 aliphatic carbocycles. The Morgan fingerprint density at radius 2 is 1.81 bits per heavy atom. The second kappa shape index (κ2) is 3.62. The highest BCUT2D eigenvalue weighted by Crippen LogP contribution is 2.56. The van der Waals surface area contributed by atoms with Crippen LogP contribution in [0.25, 0.3) is 0 Å². The molecule has 84 valence electrons. The fourth-order valence-electron chi connectivity index (χ4n) is 3.86. The lowest BCUT2D eigenvalue weighted by atomic mass is 9.75. The Morgan fingerprint density at radius 1 is 1.12 bits per heavy atom. The van der Waals surface area contributed by atoms with Gasteiger partial charge in [-0.1, -0.05) is 30.3 Å². The van der Waals surface area contributed by atoms with Crippen LogP contribution in [0.2, 0.25) is 0 Å². The molecular formula is C14H17NO. The second-order valence-corrected chi connectivity index (χ2v) is 5.20. The lowest BCUT2D eigenvalue weighted by molar-refractivity contribution is -0.123. The molecule has 2 N–H and O–H groups in total. The van der Waals surface area contributed by atoms with E-state index in [4.69, 9.17) is 5.73 Å². The molecule has 0 aliphatic heterocycles. The van der Waals surface area contributed by atoms with Crippen LogP contribution in [0.15, 0.2) is 30.3 Å². The molecular weight excluding hydrogens is 198 g/mol. The van der Waals surface area contributed by atoms with E-state index in [1.165, 1.54) is 24.8 Å². The van der Waals surface area contributed by atoms with Crippen molar-refractivity contribution in [1.82, 2.24) is 0 Å². The van der Waals surface area contributed by atoms with Gasteiger partial charge in [-0.2, -0.15) is 0 Å². The summed E-state index contributed by atoms with van der Waals surface area (Å²) in [5, 5.41) is 0. The third-order valence-electron chi connectivity index (χ3n) is 4.43. The number of primary amides is 1. The normalized spacial score (nSPS) is 36.5. The Hall–Kier alpha value is -1.31. The van der Waals surface area contributed by atoms with E-state index in [2.05, 4.69) is 24.3 Å². The number of hydrogen-bond donors (Lipinski definition) is 1. The fourth-order valence-corrected chi connectivity index (χ4v) is 3.86. The van der Waals surface area contributed by atoms with E-state index in [1.54, 1.807) is 0 Å². The molecule has 1 amide bonds. The predicted molar refractivity (Wildman–Crippen MR) is 62.7 cm³/mol. The third-order valence-corrected chi connectivity index (χ3v) is 4.43. The molecule has 0 unspecified atom stereocenters. The summed E-state index contributed by atoms with van der Waals surface area (Å²) in [6.07, 6.45) is 3.67. The molecule has 2 fully saturated rings. The molecule has 1 aromatic carbocycles. The van der Waals surface area contributed by atoms with Gasteiger partial charge in [0.2, 0.25) is 5.91 Å². The van der Waals surface area contributed by atoms with Crippen molar-refractivity contribution in [3.63, 3.8) is 0 Å². The van der Waals surface area contributed by atoms with Gasteiger partial charge >= 0.3 is 0 Å². The van der Waals surface area contributed by atoms with Gasteiger partial charge in [0.15, 0.2) is 0 Å². The minimum absolute atomic E-state index is 0.0844. The predicted octanol–water partition coefficient (Wildman–Crippen LogP) is 2.30. The number of nitrogens with two attached hydrogens (primary N) is 1. The molecule has 0 aromatic heterocycles. The van der Waals surface area contributed by atoms with Crippen molar-refractivity contribution in [2.24, 2.45) is 23.5 Å². The average Bonchev–Trinajstić information content (AvgIpc) is 2.89. The summed E-state index contributed by atoms with van der Waals surface area (Å²) in [4.78, 5) is 11.6. The first-order valence-corrected chi connectivity index (χ1v) is 6.11. The van der Waals surface area contributed by atoms with Gasteiger partial charge in [-0.15, -0.1) is 0 Å². The van der Waals surface area contributed by atoms with Crippen molar-refractivity contribution < 1.29 is 4.79 Å². The zero-order chi connectivity index (χ0) is 11.1. The summed E-state index contributed by atoms with van der Waals surface area (Å²) < 4.78 is 0. The van der Waals surface area contributed by atoms with Crippen LogP contribution in [0.4, 0.5) is 0 Å². The molecule has 2 bridgehead atoms. The average molecular weight is 215 g/mol. The number of carbonyl (C=O) groups excluding carboxylic acids is 1. The van der Waals surface area contributed by atoms with Gasteiger partial charge in [0.25, 0.3) is 0 Å². The van der Waals surface area contributed by atoms with Gasteiger partial charge in [0.1, 0.15) is 0 Å². The number of amides is 1. The topological polar surface area (TPSA) is 43.1 Å². The monoisotopic (exact) mass is 215 g/mol. The third kappa shape index (κ3) is 1.36. The molecule has 1 aromatic rings. The molecule has 4 atom stereocenters. The Balaban J connectivity index is 1.97. The van der Waals surface area contributed by atoms with Crippen LogP contribution in [0, 0.1) is 17.8 Å². The molecule has 0 radical (unpaired) electrons. The molecule has 0 heterocycles. The van der Waals surface area contributed by atoms with Crippen LogP contribution >= 0.6 is 0 Å². The van der Waals surface area contributed by atoms with Crippen LogP contribution in [-0.2, 0) is 4.79 Å². The maximum atomic E-state index is 11.6. The summed E-state index contributed by atoms with van der Waals surface area (Å²) in [6, 6.07) is 10.4. The largest absolute Gasteiger partial charge is 0.369 e. The van der Waals surface area contributed by atoms with E-state index < -0.39 is 0 Å². The first-order chi connectivity index (χ1) is 7.77. The summed E-state index contributed by atoms with van der Waals surface area (Å²) in [6.45, 7) is 0. The maximum Gasteiger partial charge on any atom is 0.221 e. The number of hydrogen-bond acceptors (Lipinski definition) is 1. The van der Waals surface area contributed by atoms with Crippen LogP contribution in [0.1, 0.15) is 30.7 Å². The summed E-state index contributed by atoms with van der Waals surface area (Å²) >= 11 is 0. The molecule has 2 nitrogen and oxygen atoms in total. The van der Waals surface area contributed by atoms with Gasteiger partial charge in [-0.05, 0) is 42.6 Å². The van der Waals surface area contributed by atoms with Gasteiger partial charge in [-0.25, -0.2) is 0 Å². The van der Waals surface area contributed by atoms with Gasteiger partial charge < -0.3 is 5.73 Å². The maximum absolute atomic E-state index is 11.6. The highest BCUT2D eigenvalue weighted by Gasteiger charge is 2.50. The first-order valence-electron chi connectivity index (χ1n) is 6.11. The molecule has 0 spiro atoms. The smallest absolute Gasteiger partial charge is 0.221 e. The second-order valence-electron chi connectivity index (χ2n) is 5.20. The minimum atomic E-state index is -0.0962. The quantitative estimate of drug-likeness (QED) is 0.808. The lowest BCUT2D eigenvalue weighted by Gasteiger charge is -2.29. The highest BCUT2D eigenvalue weighted by atomic mass is 16.1. The molecule has 2 aliphatic rings. The first kappa shape index (κ1) is 9.88. The fraction of sp³-hybridized carbons (Fsp3) is 0.500. The van der Waals surface area contributed by atoms with Gasteiger partial charge in [0, 0.05) is 5.92 Å². The van der Waals surface area contributed by atoms with Crippen molar-refractivity contribution in [3.05, 3.63) is 35.9 Å². The summed E-state index contributed by atoms with van der Waals surface area (Å²) in [7, 11) is 0. The number of fused-ring (bicyclic) bond motifs is 2. The van der Waals surface area contributed by atoms with Crippen molar-refractivity contribution in [1.29, 1.82) is 0 Å². The zero-order valence-electron chi connectivity index (χ0n) is 9.30. The van der Waals surface area contributed by atoms with E-state index in [0.717, 1.165) is 0 Å². The Morgan fingerprint density at radius 3 is 2.50 bits per heavy atom. The van der Waals surface area contributed by atoms with Gasteiger partial charge in [0.05, 0.1) is 0 Å². The molecule has 2 saturated carbocycles. The van der Waals surface area contributed by atoms with Gasteiger partial charge in [-0.3, -0.25) is 4.79 Å². The van der Waals surface area contributed by atoms with Crippen LogP contribution in [0.5, 0.6) is 0 Å². The van der Waals surface area contributed by atoms with E-state index >= 15 is 0 Å². The van der Waals surface area contributed by atoms with E-state index in [-0.39, 0.29) is 11.8 Å². The van der Waals surface area contributed by atoms with Crippen molar-refractivity contribution >= 4 is 5.91 Å². The molecule has 16 heavy (non-hydrogen) atoms.